The van der Waals surface area contributed by atoms with Gasteiger partial charge >= 0.3 is 0 Å². The third kappa shape index (κ3) is 3.31. The second-order valence-electron chi connectivity index (χ2n) is 4.69. The molecule has 1 saturated heterocycles. The molecule has 1 aliphatic rings. The third-order valence-electron chi connectivity index (χ3n) is 3.41. The van der Waals surface area contributed by atoms with Crippen molar-refractivity contribution in [2.45, 2.75) is 19.4 Å². The van der Waals surface area contributed by atoms with E-state index >= 15 is 0 Å². The van der Waals surface area contributed by atoms with Crippen LogP contribution in [0.1, 0.15) is 23.7 Å². The summed E-state index contributed by atoms with van der Waals surface area (Å²) >= 11 is 5.93. The zero-order valence-electron chi connectivity index (χ0n) is 10.7. The van der Waals surface area contributed by atoms with Crippen LogP contribution in [0.3, 0.4) is 0 Å². The summed E-state index contributed by atoms with van der Waals surface area (Å²) in [5.41, 5.74) is 0.701. The van der Waals surface area contributed by atoms with Crippen molar-refractivity contribution in [3.8, 4) is 0 Å². The first-order valence-electron chi connectivity index (χ1n) is 6.43. The maximum absolute atomic E-state index is 12.4. The number of nitrogens with one attached hydrogen (secondary N) is 1. The van der Waals surface area contributed by atoms with Gasteiger partial charge in [0.05, 0.1) is 6.04 Å². The van der Waals surface area contributed by atoms with E-state index in [2.05, 4.69) is 10.2 Å². The highest BCUT2D eigenvalue weighted by Crippen LogP contribution is 2.15. The molecule has 98 valence electrons. The molecule has 0 aliphatic carbocycles. The molecule has 0 aromatic heterocycles. The number of hydrogen-bond donors (Lipinski definition) is 1. The van der Waals surface area contributed by atoms with Crippen molar-refractivity contribution in [1.29, 1.82) is 0 Å². The molecule has 1 heterocycles. The Hall–Kier alpha value is -0.900. The Morgan fingerprint density at radius 3 is 3.00 bits per heavy atom. The monoisotopic (exact) mass is 266 g/mol. The van der Waals surface area contributed by atoms with E-state index in [1.54, 1.807) is 12.1 Å². The number of hydrogen-bond acceptors (Lipinski definition) is 3. The SMILES string of the molecule is CC(C(=O)c1cccc(Cl)c1)N1CCCNCC1. The predicted octanol–water partition coefficient (Wildman–Crippen LogP) is 2.21. The van der Waals surface area contributed by atoms with Crippen molar-refractivity contribution in [3.05, 3.63) is 34.9 Å². The number of carbonyl (C=O) groups excluding carboxylic acids is 1. The van der Waals surface area contributed by atoms with E-state index in [4.69, 9.17) is 11.6 Å². The number of Topliss-reactive ketones (excluding diaryl/α,β-unsaturated/α-hetero) is 1. The molecule has 3 nitrogen and oxygen atoms in total. The molecule has 1 N–H and O–H groups in total. The van der Waals surface area contributed by atoms with Crippen LogP contribution in [0.4, 0.5) is 0 Å². The van der Waals surface area contributed by atoms with E-state index in [-0.39, 0.29) is 11.8 Å². The van der Waals surface area contributed by atoms with Gasteiger partial charge in [-0.3, -0.25) is 9.69 Å². The number of nitrogens with zero attached hydrogens (tertiary/aromatic N) is 1. The van der Waals surface area contributed by atoms with Crippen molar-refractivity contribution in [2.24, 2.45) is 0 Å². The molecule has 1 aromatic carbocycles. The minimum atomic E-state index is -0.0802. The quantitative estimate of drug-likeness (QED) is 0.852. The molecule has 1 aromatic rings. The predicted molar refractivity (Wildman–Crippen MR) is 74.3 cm³/mol. The molecule has 1 fully saturated rings. The summed E-state index contributed by atoms with van der Waals surface area (Å²) in [4.78, 5) is 14.6. The molecule has 0 spiro atoms. The smallest absolute Gasteiger partial charge is 0.179 e. The van der Waals surface area contributed by atoms with Gasteiger partial charge in [0.1, 0.15) is 0 Å². The van der Waals surface area contributed by atoms with E-state index in [0.29, 0.717) is 10.6 Å². The zero-order valence-corrected chi connectivity index (χ0v) is 11.4. The lowest BCUT2D eigenvalue weighted by atomic mass is 10.0. The van der Waals surface area contributed by atoms with Crippen molar-refractivity contribution < 1.29 is 4.79 Å². The first kappa shape index (κ1) is 13.5. The fourth-order valence-electron chi connectivity index (χ4n) is 2.30. The first-order valence-corrected chi connectivity index (χ1v) is 6.81. The van der Waals surface area contributed by atoms with E-state index in [1.165, 1.54) is 0 Å². The van der Waals surface area contributed by atoms with Gasteiger partial charge in [-0.15, -0.1) is 0 Å². The Bertz CT molecular complexity index is 414. The van der Waals surface area contributed by atoms with Gasteiger partial charge in [0.15, 0.2) is 5.78 Å². The van der Waals surface area contributed by atoms with Gasteiger partial charge in [0, 0.05) is 30.2 Å². The molecule has 0 bridgehead atoms. The summed E-state index contributed by atoms with van der Waals surface area (Å²) in [6.07, 6.45) is 1.09. The normalized spacial score (nSPS) is 19.2. The molecule has 18 heavy (non-hydrogen) atoms. The fourth-order valence-corrected chi connectivity index (χ4v) is 2.49. The van der Waals surface area contributed by atoms with Crippen molar-refractivity contribution in [1.82, 2.24) is 10.2 Å². The number of carbonyl (C=O) groups is 1. The van der Waals surface area contributed by atoms with Gasteiger partial charge in [-0.25, -0.2) is 0 Å². The summed E-state index contributed by atoms with van der Waals surface area (Å²) < 4.78 is 0. The lowest BCUT2D eigenvalue weighted by Gasteiger charge is -2.26. The summed E-state index contributed by atoms with van der Waals surface area (Å²) in [7, 11) is 0. The summed E-state index contributed by atoms with van der Waals surface area (Å²) in [5.74, 6) is 0.152. The van der Waals surface area contributed by atoms with E-state index < -0.39 is 0 Å². The highest BCUT2D eigenvalue weighted by Gasteiger charge is 2.22. The van der Waals surface area contributed by atoms with Crippen molar-refractivity contribution in [2.75, 3.05) is 26.2 Å². The average molecular weight is 267 g/mol. The molecule has 0 radical (unpaired) electrons. The zero-order chi connectivity index (χ0) is 13.0. The van der Waals surface area contributed by atoms with Gasteiger partial charge in [-0.05, 0) is 32.0 Å². The number of rotatable bonds is 3. The lowest BCUT2D eigenvalue weighted by molar-refractivity contribution is 0.0847. The minimum absolute atomic E-state index is 0.0802. The van der Waals surface area contributed by atoms with Crippen LogP contribution >= 0.6 is 11.6 Å². The van der Waals surface area contributed by atoms with Gasteiger partial charge in [-0.2, -0.15) is 0 Å². The summed E-state index contributed by atoms with van der Waals surface area (Å²) in [5, 5.41) is 3.96. The van der Waals surface area contributed by atoms with Gasteiger partial charge in [0.25, 0.3) is 0 Å². The van der Waals surface area contributed by atoms with Crippen LogP contribution in [0.15, 0.2) is 24.3 Å². The van der Waals surface area contributed by atoms with E-state index in [1.807, 2.05) is 19.1 Å². The van der Waals surface area contributed by atoms with Crippen molar-refractivity contribution in [3.63, 3.8) is 0 Å². The molecule has 0 saturated carbocycles. The third-order valence-corrected chi connectivity index (χ3v) is 3.65. The maximum atomic E-state index is 12.4. The Balaban J connectivity index is 2.07. The second-order valence-corrected chi connectivity index (χ2v) is 5.13. The molecule has 1 aliphatic heterocycles. The fraction of sp³-hybridized carbons (Fsp3) is 0.500. The molecule has 1 unspecified atom stereocenters. The first-order chi connectivity index (χ1) is 8.68. The highest BCUT2D eigenvalue weighted by atomic mass is 35.5. The van der Waals surface area contributed by atoms with Crippen LogP contribution in [0.2, 0.25) is 5.02 Å². The van der Waals surface area contributed by atoms with Crippen LogP contribution in [0, 0.1) is 0 Å². The molecule has 0 amide bonds. The van der Waals surface area contributed by atoms with Gasteiger partial charge in [-0.1, -0.05) is 23.7 Å². The largest absolute Gasteiger partial charge is 0.315 e. The van der Waals surface area contributed by atoms with Crippen LogP contribution < -0.4 is 5.32 Å². The Morgan fingerprint density at radius 2 is 2.22 bits per heavy atom. The molecule has 4 heteroatoms. The number of halogens is 1. The van der Waals surface area contributed by atoms with E-state index in [0.717, 1.165) is 32.6 Å². The Kier molecular flexibility index (Phi) is 4.75. The summed E-state index contributed by atoms with van der Waals surface area (Å²) in [6, 6.07) is 7.12. The van der Waals surface area contributed by atoms with Crippen LogP contribution in [-0.4, -0.2) is 42.9 Å². The van der Waals surface area contributed by atoms with Crippen molar-refractivity contribution >= 4 is 17.4 Å². The van der Waals surface area contributed by atoms with Gasteiger partial charge in [0.2, 0.25) is 0 Å². The summed E-state index contributed by atoms with van der Waals surface area (Å²) in [6.45, 7) is 5.87. The molecular weight excluding hydrogens is 248 g/mol. The average Bonchev–Trinajstić information content (AvgIpc) is 2.66. The minimum Gasteiger partial charge on any atom is -0.315 e. The standard InChI is InChI=1S/C14H19ClN2O/c1-11(17-8-3-6-16-7-9-17)14(18)12-4-2-5-13(15)10-12/h2,4-5,10-11,16H,3,6-9H2,1H3. The second kappa shape index (κ2) is 6.32. The number of benzene rings is 1. The van der Waals surface area contributed by atoms with Crippen LogP contribution in [0.5, 0.6) is 0 Å². The lowest BCUT2D eigenvalue weighted by Crippen LogP contribution is -2.41. The molecule has 1 atom stereocenters. The van der Waals surface area contributed by atoms with E-state index in [9.17, 15) is 4.79 Å². The van der Waals surface area contributed by atoms with Crippen LogP contribution in [0.25, 0.3) is 0 Å². The van der Waals surface area contributed by atoms with Crippen LogP contribution in [-0.2, 0) is 0 Å². The highest BCUT2D eigenvalue weighted by molar-refractivity contribution is 6.31. The maximum Gasteiger partial charge on any atom is 0.179 e. The Labute approximate surface area is 113 Å². The number of ketones is 1. The Morgan fingerprint density at radius 1 is 1.39 bits per heavy atom. The van der Waals surface area contributed by atoms with Gasteiger partial charge < -0.3 is 5.32 Å². The topological polar surface area (TPSA) is 32.3 Å². The molecular formula is C14H19ClN2O. The molecule has 2 rings (SSSR count).